The van der Waals surface area contributed by atoms with E-state index in [2.05, 4.69) is 10.1 Å². The molecule has 0 radical (unpaired) electrons. The number of ketones is 1. The summed E-state index contributed by atoms with van der Waals surface area (Å²) in [6, 6.07) is 3.60. The van der Waals surface area contributed by atoms with Crippen molar-refractivity contribution in [3.8, 4) is 0 Å². The summed E-state index contributed by atoms with van der Waals surface area (Å²) >= 11 is 0. The highest BCUT2D eigenvalue weighted by Crippen LogP contribution is 2.07. The zero-order valence-electron chi connectivity index (χ0n) is 8.64. The Labute approximate surface area is 87.6 Å². The summed E-state index contributed by atoms with van der Waals surface area (Å²) in [5, 5.41) is 3.96. The summed E-state index contributed by atoms with van der Waals surface area (Å²) in [4.78, 5) is 16.0. The number of hydrogen-bond donors (Lipinski definition) is 0. The molecule has 0 aliphatic heterocycles. The zero-order chi connectivity index (χ0) is 10.8. The Hall–Kier alpha value is -1.97. The van der Waals surface area contributed by atoms with Crippen molar-refractivity contribution < 1.29 is 4.79 Å². The third-order valence-corrected chi connectivity index (χ3v) is 2.14. The largest absolute Gasteiger partial charge is 0.288 e. The summed E-state index contributed by atoms with van der Waals surface area (Å²) < 4.78 is 1.61. The number of rotatable bonds is 2. The second-order valence-corrected chi connectivity index (χ2v) is 3.42. The maximum atomic E-state index is 11.9. The van der Waals surface area contributed by atoms with Crippen molar-refractivity contribution >= 4 is 5.78 Å². The molecule has 0 bridgehead atoms. The number of pyridine rings is 1. The monoisotopic (exact) mass is 201 g/mol. The van der Waals surface area contributed by atoms with Crippen LogP contribution in [0, 0.1) is 6.92 Å². The van der Waals surface area contributed by atoms with Crippen molar-refractivity contribution in [2.75, 3.05) is 0 Å². The average Bonchev–Trinajstić information content (AvgIpc) is 2.65. The fourth-order valence-electron chi connectivity index (χ4n) is 1.31. The Morgan fingerprint density at radius 2 is 2.07 bits per heavy atom. The minimum Gasteiger partial charge on any atom is -0.288 e. The lowest BCUT2D eigenvalue weighted by molar-refractivity contribution is 0.103. The molecule has 0 unspecified atom stereocenters. The van der Waals surface area contributed by atoms with E-state index in [-0.39, 0.29) is 5.78 Å². The Balaban J connectivity index is 2.32. The van der Waals surface area contributed by atoms with Crippen LogP contribution in [0.4, 0.5) is 0 Å². The fraction of sp³-hybridized carbons (Fsp3) is 0.182. The summed E-state index contributed by atoms with van der Waals surface area (Å²) in [7, 11) is 1.78. The molecular weight excluding hydrogens is 190 g/mol. The molecule has 0 saturated heterocycles. The third-order valence-electron chi connectivity index (χ3n) is 2.14. The average molecular weight is 201 g/mol. The van der Waals surface area contributed by atoms with Gasteiger partial charge in [0.05, 0.1) is 11.8 Å². The molecule has 2 aromatic heterocycles. The van der Waals surface area contributed by atoms with Crippen molar-refractivity contribution in [1.82, 2.24) is 14.8 Å². The molecule has 2 heterocycles. The summed E-state index contributed by atoms with van der Waals surface area (Å²) in [5.74, 6) is -0.0457. The van der Waals surface area contributed by atoms with Gasteiger partial charge < -0.3 is 0 Å². The lowest BCUT2D eigenvalue weighted by atomic mass is 10.1. The van der Waals surface area contributed by atoms with Crippen LogP contribution < -0.4 is 0 Å². The molecule has 0 aromatic carbocycles. The quantitative estimate of drug-likeness (QED) is 0.689. The first-order chi connectivity index (χ1) is 7.16. The predicted molar refractivity (Wildman–Crippen MR) is 55.6 cm³/mol. The van der Waals surface area contributed by atoms with Crippen molar-refractivity contribution in [3.63, 3.8) is 0 Å². The lowest BCUT2D eigenvalue weighted by Gasteiger charge is -1.97. The summed E-state index contributed by atoms with van der Waals surface area (Å²) in [5.41, 5.74) is 2.08. The van der Waals surface area contributed by atoms with E-state index in [9.17, 15) is 4.79 Å². The number of carbonyl (C=O) groups is 1. The molecule has 2 aromatic rings. The maximum absolute atomic E-state index is 11.9. The smallest absolute Gasteiger partial charge is 0.197 e. The number of aryl methyl sites for hydroxylation is 2. The van der Waals surface area contributed by atoms with Gasteiger partial charge in [-0.2, -0.15) is 5.10 Å². The Bertz CT molecular complexity index is 485. The molecule has 0 fully saturated rings. The molecular formula is C11H11N3O. The number of carbonyl (C=O) groups excluding carboxylic acids is 1. The number of hydrogen-bond acceptors (Lipinski definition) is 3. The van der Waals surface area contributed by atoms with Crippen LogP contribution in [-0.4, -0.2) is 20.5 Å². The van der Waals surface area contributed by atoms with Crippen molar-refractivity contribution in [2.45, 2.75) is 6.92 Å². The normalized spacial score (nSPS) is 10.3. The van der Waals surface area contributed by atoms with E-state index in [1.165, 1.54) is 0 Å². The lowest BCUT2D eigenvalue weighted by Crippen LogP contribution is -2.00. The molecule has 4 nitrogen and oxygen atoms in total. The highest BCUT2D eigenvalue weighted by atomic mass is 16.1. The van der Waals surface area contributed by atoms with Gasteiger partial charge in [-0.3, -0.25) is 14.5 Å². The van der Waals surface area contributed by atoms with E-state index in [0.717, 1.165) is 5.69 Å². The molecule has 0 spiro atoms. The second-order valence-electron chi connectivity index (χ2n) is 3.42. The second kappa shape index (κ2) is 3.65. The van der Waals surface area contributed by atoms with Crippen LogP contribution in [0.25, 0.3) is 0 Å². The van der Waals surface area contributed by atoms with Gasteiger partial charge >= 0.3 is 0 Å². The maximum Gasteiger partial charge on any atom is 0.197 e. The van der Waals surface area contributed by atoms with Crippen LogP contribution >= 0.6 is 0 Å². The minimum atomic E-state index is -0.0457. The molecule has 0 N–H and O–H groups in total. The van der Waals surface area contributed by atoms with Gasteiger partial charge in [-0.1, -0.05) is 0 Å². The van der Waals surface area contributed by atoms with Crippen LogP contribution in [0.15, 0.2) is 30.7 Å². The molecule has 0 amide bonds. The van der Waals surface area contributed by atoms with E-state index in [4.69, 9.17) is 0 Å². The first-order valence-corrected chi connectivity index (χ1v) is 4.63. The standard InChI is InChI=1S/C11H11N3O/c1-8-3-4-9(5-12-8)11(15)10-6-13-14(2)7-10/h3-7H,1-2H3. The molecule has 0 aliphatic rings. The molecule has 4 heteroatoms. The molecule has 15 heavy (non-hydrogen) atoms. The SMILES string of the molecule is Cc1ccc(C(=O)c2cnn(C)c2)cn1. The first kappa shape index (κ1) is 9.58. The first-order valence-electron chi connectivity index (χ1n) is 4.63. The van der Waals surface area contributed by atoms with E-state index in [1.807, 2.05) is 13.0 Å². The number of aromatic nitrogens is 3. The van der Waals surface area contributed by atoms with Crippen LogP contribution in [0.3, 0.4) is 0 Å². The van der Waals surface area contributed by atoms with E-state index >= 15 is 0 Å². The highest BCUT2D eigenvalue weighted by Gasteiger charge is 2.10. The summed E-state index contributed by atoms with van der Waals surface area (Å²) in [6.45, 7) is 1.89. The Kier molecular flexibility index (Phi) is 2.33. The van der Waals surface area contributed by atoms with Crippen LogP contribution in [0.2, 0.25) is 0 Å². The predicted octanol–water partition coefficient (Wildman–Crippen LogP) is 1.35. The van der Waals surface area contributed by atoms with Gasteiger partial charge in [0, 0.05) is 30.7 Å². The van der Waals surface area contributed by atoms with Crippen LogP contribution in [-0.2, 0) is 7.05 Å². The zero-order valence-corrected chi connectivity index (χ0v) is 8.64. The van der Waals surface area contributed by atoms with Gasteiger partial charge in [0.2, 0.25) is 0 Å². The molecule has 76 valence electrons. The number of nitrogens with zero attached hydrogens (tertiary/aromatic N) is 3. The highest BCUT2D eigenvalue weighted by molar-refractivity contribution is 6.08. The van der Waals surface area contributed by atoms with Gasteiger partial charge in [-0.15, -0.1) is 0 Å². The van der Waals surface area contributed by atoms with E-state index in [0.29, 0.717) is 11.1 Å². The van der Waals surface area contributed by atoms with Gasteiger partial charge in [-0.05, 0) is 19.1 Å². The molecule has 0 aliphatic carbocycles. The van der Waals surface area contributed by atoms with Crippen LogP contribution in [0.5, 0.6) is 0 Å². The third kappa shape index (κ3) is 1.93. The molecule has 2 rings (SSSR count). The Morgan fingerprint density at radius 1 is 1.27 bits per heavy atom. The Morgan fingerprint density at radius 3 is 2.60 bits per heavy atom. The molecule has 0 saturated carbocycles. The minimum absolute atomic E-state index is 0.0457. The van der Waals surface area contributed by atoms with Gasteiger partial charge in [0.1, 0.15) is 0 Å². The topological polar surface area (TPSA) is 47.8 Å². The van der Waals surface area contributed by atoms with Crippen molar-refractivity contribution in [1.29, 1.82) is 0 Å². The van der Waals surface area contributed by atoms with Crippen molar-refractivity contribution in [2.24, 2.45) is 7.05 Å². The van der Waals surface area contributed by atoms with Gasteiger partial charge in [-0.25, -0.2) is 0 Å². The fourth-order valence-corrected chi connectivity index (χ4v) is 1.31. The van der Waals surface area contributed by atoms with Crippen LogP contribution in [0.1, 0.15) is 21.6 Å². The van der Waals surface area contributed by atoms with Crippen molar-refractivity contribution in [3.05, 3.63) is 47.5 Å². The van der Waals surface area contributed by atoms with E-state index < -0.39 is 0 Å². The summed E-state index contributed by atoms with van der Waals surface area (Å²) in [6.07, 6.45) is 4.84. The molecule has 0 atom stereocenters. The van der Waals surface area contributed by atoms with Gasteiger partial charge in [0.25, 0.3) is 0 Å². The van der Waals surface area contributed by atoms with E-state index in [1.54, 1.807) is 36.4 Å². The van der Waals surface area contributed by atoms with Gasteiger partial charge in [0.15, 0.2) is 5.78 Å².